The van der Waals surface area contributed by atoms with Crippen molar-refractivity contribution in [2.45, 2.75) is 44.3 Å². The van der Waals surface area contributed by atoms with Gasteiger partial charge in [-0.2, -0.15) is 0 Å². The molecule has 0 aliphatic heterocycles. The molecule has 0 bridgehead atoms. The van der Waals surface area contributed by atoms with Gasteiger partial charge in [0, 0.05) is 16.3 Å². The lowest BCUT2D eigenvalue weighted by atomic mass is 10.0. The molecule has 2 rings (SSSR count). The number of carbonyl (C=O) groups excluding carboxylic acids is 1. The van der Waals surface area contributed by atoms with E-state index < -0.39 is 0 Å². The Bertz CT molecular complexity index is 501. The van der Waals surface area contributed by atoms with Crippen molar-refractivity contribution in [3.63, 3.8) is 0 Å². The smallest absolute Gasteiger partial charge is 0.234 e. The van der Waals surface area contributed by atoms with Gasteiger partial charge in [-0.3, -0.25) is 4.79 Å². The molecule has 5 heteroatoms. The van der Waals surface area contributed by atoms with E-state index in [1.165, 1.54) is 32.1 Å². The van der Waals surface area contributed by atoms with E-state index in [-0.39, 0.29) is 5.91 Å². The van der Waals surface area contributed by atoms with Gasteiger partial charge in [-0.25, -0.2) is 0 Å². The Balaban J connectivity index is 1.91. The summed E-state index contributed by atoms with van der Waals surface area (Å²) in [6.45, 7) is 1.91. The molecule has 116 valence electrons. The number of thioether (sulfide) groups is 1. The molecule has 3 nitrogen and oxygen atoms in total. The minimum Gasteiger partial charge on any atom is -0.495 e. The lowest BCUT2D eigenvalue weighted by Gasteiger charge is -2.20. The summed E-state index contributed by atoms with van der Waals surface area (Å²) in [7, 11) is 1.58. The molecule has 1 amide bonds. The van der Waals surface area contributed by atoms with Crippen molar-refractivity contribution in [1.82, 2.24) is 0 Å². The van der Waals surface area contributed by atoms with Crippen molar-refractivity contribution in [1.29, 1.82) is 0 Å². The van der Waals surface area contributed by atoms with Crippen LogP contribution in [-0.2, 0) is 4.79 Å². The lowest BCUT2D eigenvalue weighted by Crippen LogP contribution is -2.18. The monoisotopic (exact) mass is 327 g/mol. The van der Waals surface area contributed by atoms with Crippen LogP contribution >= 0.6 is 23.4 Å². The first-order valence-electron chi connectivity index (χ1n) is 7.35. The van der Waals surface area contributed by atoms with Crippen molar-refractivity contribution in [3.05, 3.63) is 22.7 Å². The highest BCUT2D eigenvalue weighted by molar-refractivity contribution is 8.00. The lowest BCUT2D eigenvalue weighted by molar-refractivity contribution is -0.113. The topological polar surface area (TPSA) is 38.3 Å². The molecule has 0 aromatic heterocycles. The van der Waals surface area contributed by atoms with Gasteiger partial charge >= 0.3 is 0 Å². The van der Waals surface area contributed by atoms with Crippen molar-refractivity contribution in [2.75, 3.05) is 18.2 Å². The largest absolute Gasteiger partial charge is 0.495 e. The van der Waals surface area contributed by atoms with E-state index in [1.54, 1.807) is 24.9 Å². The van der Waals surface area contributed by atoms with E-state index >= 15 is 0 Å². The number of anilines is 1. The number of carbonyl (C=O) groups is 1. The van der Waals surface area contributed by atoms with Gasteiger partial charge in [0.15, 0.2) is 0 Å². The molecule has 0 spiro atoms. The number of nitrogens with one attached hydrogen (secondary N) is 1. The van der Waals surface area contributed by atoms with Gasteiger partial charge in [0.1, 0.15) is 5.75 Å². The van der Waals surface area contributed by atoms with Crippen LogP contribution in [0.15, 0.2) is 12.1 Å². The number of aryl methyl sites for hydroxylation is 1. The van der Waals surface area contributed by atoms with Crippen LogP contribution < -0.4 is 10.1 Å². The Morgan fingerprint density at radius 3 is 2.76 bits per heavy atom. The summed E-state index contributed by atoms with van der Waals surface area (Å²) >= 11 is 7.83. The van der Waals surface area contributed by atoms with Crippen LogP contribution in [0.4, 0.5) is 5.69 Å². The molecular weight excluding hydrogens is 306 g/mol. The van der Waals surface area contributed by atoms with Crippen LogP contribution in [0.3, 0.4) is 0 Å². The van der Waals surface area contributed by atoms with Crippen molar-refractivity contribution < 1.29 is 9.53 Å². The highest BCUT2D eigenvalue weighted by atomic mass is 35.5. The van der Waals surface area contributed by atoms with Crippen molar-refractivity contribution in [2.24, 2.45) is 0 Å². The zero-order valence-corrected chi connectivity index (χ0v) is 14.1. The van der Waals surface area contributed by atoms with Crippen LogP contribution in [0.5, 0.6) is 5.75 Å². The first-order valence-corrected chi connectivity index (χ1v) is 8.78. The number of methoxy groups -OCH3 is 1. The third kappa shape index (κ3) is 4.82. The molecule has 1 N–H and O–H groups in total. The van der Waals surface area contributed by atoms with Crippen molar-refractivity contribution >= 4 is 35.0 Å². The van der Waals surface area contributed by atoms with Gasteiger partial charge in [-0.15, -0.1) is 11.8 Å². The van der Waals surface area contributed by atoms with Crippen LogP contribution in [0, 0.1) is 6.92 Å². The van der Waals surface area contributed by atoms with E-state index in [1.807, 2.05) is 13.0 Å². The number of benzene rings is 1. The highest BCUT2D eigenvalue weighted by Gasteiger charge is 2.16. The van der Waals surface area contributed by atoms with Gasteiger partial charge in [0.25, 0.3) is 0 Å². The molecule has 1 aromatic carbocycles. The first kappa shape index (κ1) is 16.5. The summed E-state index contributed by atoms with van der Waals surface area (Å²) < 4.78 is 5.27. The number of halogens is 1. The minimum absolute atomic E-state index is 0.0191. The quantitative estimate of drug-likeness (QED) is 0.854. The van der Waals surface area contributed by atoms with Crippen LogP contribution in [0.25, 0.3) is 0 Å². The van der Waals surface area contributed by atoms with E-state index in [2.05, 4.69) is 5.32 Å². The maximum atomic E-state index is 12.1. The molecule has 1 aliphatic carbocycles. The maximum Gasteiger partial charge on any atom is 0.234 e. The normalized spacial score (nSPS) is 15.8. The Morgan fingerprint density at radius 1 is 1.38 bits per heavy atom. The first-order chi connectivity index (χ1) is 10.1. The molecule has 1 saturated carbocycles. The van der Waals surface area contributed by atoms with Gasteiger partial charge < -0.3 is 10.1 Å². The van der Waals surface area contributed by atoms with Crippen molar-refractivity contribution in [3.8, 4) is 5.75 Å². The number of amides is 1. The molecule has 1 aromatic rings. The predicted octanol–water partition coefficient (Wildman–Crippen LogP) is 4.66. The second kappa shape index (κ2) is 7.95. The van der Waals surface area contributed by atoms with Gasteiger partial charge in [0.2, 0.25) is 5.91 Å². The van der Waals surface area contributed by atoms with Crippen LogP contribution in [0.1, 0.15) is 37.7 Å². The van der Waals surface area contributed by atoms with E-state index in [0.29, 0.717) is 27.5 Å². The van der Waals surface area contributed by atoms with Gasteiger partial charge in [-0.05, 0) is 31.4 Å². The number of hydrogen-bond acceptors (Lipinski definition) is 3. The fourth-order valence-electron chi connectivity index (χ4n) is 2.54. The zero-order chi connectivity index (χ0) is 15.2. The summed E-state index contributed by atoms with van der Waals surface area (Å²) in [4.78, 5) is 12.1. The molecular formula is C16H22ClNO2S. The second-order valence-corrected chi connectivity index (χ2v) is 7.12. The molecule has 1 fully saturated rings. The highest BCUT2D eigenvalue weighted by Crippen LogP contribution is 2.32. The molecule has 0 radical (unpaired) electrons. The second-order valence-electron chi connectivity index (χ2n) is 5.42. The Morgan fingerprint density at radius 2 is 2.10 bits per heavy atom. The third-order valence-corrected chi connectivity index (χ3v) is 5.54. The Labute approximate surface area is 135 Å². The summed E-state index contributed by atoms with van der Waals surface area (Å²) in [5, 5.41) is 4.20. The molecule has 0 saturated heterocycles. The minimum atomic E-state index is 0.0191. The maximum absolute atomic E-state index is 12.1. The fourth-order valence-corrected chi connectivity index (χ4v) is 3.82. The Kier molecular flexibility index (Phi) is 6.24. The standard InChI is InChI=1S/C16H22ClNO2S/c1-11-8-14(15(20-2)9-13(11)17)18-16(19)10-21-12-6-4-3-5-7-12/h8-9,12H,3-7,10H2,1-2H3,(H,18,19). The molecule has 0 atom stereocenters. The SMILES string of the molecule is COc1cc(Cl)c(C)cc1NC(=O)CSC1CCCCC1. The number of hydrogen-bond donors (Lipinski definition) is 1. The zero-order valence-electron chi connectivity index (χ0n) is 12.6. The average Bonchev–Trinajstić information content (AvgIpc) is 2.49. The summed E-state index contributed by atoms with van der Waals surface area (Å²) in [5.41, 5.74) is 1.61. The number of ether oxygens (including phenoxy) is 1. The van der Waals surface area contributed by atoms with E-state index in [9.17, 15) is 4.79 Å². The molecule has 0 heterocycles. The van der Waals surface area contributed by atoms with E-state index in [4.69, 9.17) is 16.3 Å². The van der Waals surface area contributed by atoms with Gasteiger partial charge in [0.05, 0.1) is 18.6 Å². The molecule has 0 unspecified atom stereocenters. The average molecular weight is 328 g/mol. The van der Waals surface area contributed by atoms with Gasteiger partial charge in [-0.1, -0.05) is 30.9 Å². The summed E-state index contributed by atoms with van der Waals surface area (Å²) in [6, 6.07) is 3.59. The van der Waals surface area contributed by atoms with Crippen LogP contribution in [-0.4, -0.2) is 24.0 Å². The third-order valence-electron chi connectivity index (χ3n) is 3.76. The predicted molar refractivity (Wildman–Crippen MR) is 90.7 cm³/mol. The molecule has 21 heavy (non-hydrogen) atoms. The Hall–Kier alpha value is -0.870. The fraction of sp³-hybridized carbons (Fsp3) is 0.562. The summed E-state index contributed by atoms with van der Waals surface area (Å²) in [6.07, 6.45) is 6.40. The summed E-state index contributed by atoms with van der Waals surface area (Å²) in [5.74, 6) is 1.11. The number of rotatable bonds is 5. The molecule has 1 aliphatic rings. The van der Waals surface area contributed by atoms with E-state index in [0.717, 1.165) is 5.56 Å². The van der Waals surface area contributed by atoms with Crippen LogP contribution in [0.2, 0.25) is 5.02 Å².